The van der Waals surface area contributed by atoms with E-state index in [1.807, 2.05) is 48.5 Å². The Kier molecular flexibility index (Phi) is 9.87. The summed E-state index contributed by atoms with van der Waals surface area (Å²) in [4.78, 5) is 42.2. The van der Waals surface area contributed by atoms with Crippen molar-refractivity contribution in [2.24, 2.45) is 0 Å². The van der Waals surface area contributed by atoms with E-state index in [1.54, 1.807) is 43.2 Å². The number of amides is 3. The third-order valence-corrected chi connectivity index (χ3v) is 10.1. The molecule has 3 aliphatic rings. The number of methoxy groups -OCH3 is 1. The lowest BCUT2D eigenvalue weighted by Crippen LogP contribution is -2.53. The number of hydrogen-bond donors (Lipinski definition) is 4. The monoisotopic (exact) mass is 692 g/mol. The van der Waals surface area contributed by atoms with Crippen LogP contribution < -0.4 is 25.4 Å². The minimum atomic E-state index is -0.934. The lowest BCUT2D eigenvalue weighted by molar-refractivity contribution is -0.134. The number of halogens is 2. The third-order valence-electron chi connectivity index (χ3n) is 9.33. The Labute approximate surface area is 289 Å². The lowest BCUT2D eigenvalue weighted by atomic mass is 9.69. The standard InChI is InChI=1S/C36H38Cl2N4O6/c1-21(40-24-9-10-26(37)27(38)17-24)34(45)41-28(16-22-6-4-3-5-7-22)35(46)39-19-31(44)42-15-14-36-13-12-25(43)18-30(36)48-33-29(47-2)11-8-23(20-42)32(33)36/h3-13,17,21,25,28,30,40,43H,14-16,18-20H2,1-2H3,(H,39,46)(H,41,45)/t21?,25-,28?,30-,36-/m0/s1. The van der Waals surface area contributed by atoms with Crippen molar-refractivity contribution >= 4 is 46.6 Å². The highest BCUT2D eigenvalue weighted by Crippen LogP contribution is 2.55. The van der Waals surface area contributed by atoms with E-state index < -0.39 is 35.4 Å². The Bertz CT molecular complexity index is 1740. The molecule has 3 aromatic carbocycles. The Balaban J connectivity index is 1.14. The van der Waals surface area contributed by atoms with Gasteiger partial charge in [-0.2, -0.15) is 0 Å². The highest BCUT2D eigenvalue weighted by Gasteiger charge is 2.53. The van der Waals surface area contributed by atoms with E-state index in [0.717, 1.165) is 16.7 Å². The molecule has 0 saturated carbocycles. The van der Waals surface area contributed by atoms with Gasteiger partial charge in [-0.15, -0.1) is 0 Å². The summed E-state index contributed by atoms with van der Waals surface area (Å²) in [7, 11) is 1.59. The smallest absolute Gasteiger partial charge is 0.243 e. The highest BCUT2D eigenvalue weighted by atomic mass is 35.5. The summed E-state index contributed by atoms with van der Waals surface area (Å²) >= 11 is 12.1. The van der Waals surface area contributed by atoms with Crippen LogP contribution in [0.2, 0.25) is 10.0 Å². The van der Waals surface area contributed by atoms with Gasteiger partial charge in [-0.05, 0) is 48.7 Å². The molecule has 0 radical (unpaired) electrons. The Morgan fingerprint density at radius 3 is 2.62 bits per heavy atom. The number of carbonyl (C=O) groups is 3. The number of carbonyl (C=O) groups excluding carboxylic acids is 3. The molecule has 1 spiro atoms. The fourth-order valence-corrected chi connectivity index (χ4v) is 7.10. The summed E-state index contributed by atoms with van der Waals surface area (Å²) in [5, 5.41) is 19.8. The molecule has 4 N–H and O–H groups in total. The first-order chi connectivity index (χ1) is 23.1. The predicted molar refractivity (Wildman–Crippen MR) is 184 cm³/mol. The van der Waals surface area contributed by atoms with E-state index in [9.17, 15) is 19.5 Å². The van der Waals surface area contributed by atoms with Crippen molar-refractivity contribution in [3.63, 3.8) is 0 Å². The van der Waals surface area contributed by atoms with Crippen LogP contribution in [0.3, 0.4) is 0 Å². The number of aliphatic hydroxyl groups is 1. The van der Waals surface area contributed by atoms with Gasteiger partial charge in [-0.25, -0.2) is 0 Å². The van der Waals surface area contributed by atoms with Crippen LogP contribution in [0.15, 0.2) is 72.8 Å². The van der Waals surface area contributed by atoms with E-state index in [1.165, 1.54) is 0 Å². The first-order valence-electron chi connectivity index (χ1n) is 15.9. The Hall–Kier alpha value is -4.25. The van der Waals surface area contributed by atoms with Crippen molar-refractivity contribution in [3.05, 3.63) is 99.6 Å². The SMILES string of the molecule is COc1ccc2c3c1O[C@H]1C[C@@H](O)C=C[C@@]31CCN(C(=O)CNC(=O)C(Cc1ccccc1)NC(=O)C(C)Nc1ccc(Cl)c(Cl)c1)C2. The molecule has 5 atom stereocenters. The van der Waals surface area contributed by atoms with Gasteiger partial charge in [0.15, 0.2) is 11.5 Å². The van der Waals surface area contributed by atoms with Gasteiger partial charge in [0.05, 0.1) is 35.2 Å². The molecule has 0 bridgehead atoms. The number of hydrogen-bond acceptors (Lipinski definition) is 7. The maximum atomic E-state index is 13.7. The largest absolute Gasteiger partial charge is 0.493 e. The fourth-order valence-electron chi connectivity index (χ4n) is 6.80. The van der Waals surface area contributed by atoms with Gasteiger partial charge in [0.2, 0.25) is 17.7 Å². The number of benzene rings is 3. The second kappa shape index (κ2) is 14.1. The molecule has 6 rings (SSSR count). The van der Waals surface area contributed by atoms with E-state index in [0.29, 0.717) is 53.2 Å². The molecule has 48 heavy (non-hydrogen) atoms. The fraction of sp³-hybridized carbons (Fsp3) is 0.361. The first kappa shape index (κ1) is 33.6. The average molecular weight is 694 g/mol. The van der Waals surface area contributed by atoms with Crippen LogP contribution in [0.4, 0.5) is 5.69 Å². The van der Waals surface area contributed by atoms with Crippen LogP contribution in [-0.2, 0) is 32.8 Å². The van der Waals surface area contributed by atoms with Crippen molar-refractivity contribution in [2.75, 3.05) is 25.5 Å². The van der Waals surface area contributed by atoms with Gasteiger partial charge in [0.25, 0.3) is 0 Å². The van der Waals surface area contributed by atoms with Gasteiger partial charge in [0.1, 0.15) is 18.2 Å². The zero-order chi connectivity index (χ0) is 34.0. The summed E-state index contributed by atoms with van der Waals surface area (Å²) in [5.74, 6) is 0.149. The van der Waals surface area contributed by atoms with Crippen LogP contribution >= 0.6 is 23.2 Å². The molecule has 0 aromatic heterocycles. The van der Waals surface area contributed by atoms with E-state index >= 15 is 0 Å². The van der Waals surface area contributed by atoms with E-state index in [2.05, 4.69) is 16.0 Å². The molecule has 3 aromatic rings. The van der Waals surface area contributed by atoms with Crippen molar-refractivity contribution in [2.45, 2.75) is 62.4 Å². The molecule has 2 unspecified atom stereocenters. The molecule has 2 heterocycles. The maximum Gasteiger partial charge on any atom is 0.243 e. The Morgan fingerprint density at radius 2 is 1.88 bits per heavy atom. The maximum absolute atomic E-state index is 13.7. The zero-order valence-corrected chi connectivity index (χ0v) is 28.2. The molecule has 0 fully saturated rings. The van der Waals surface area contributed by atoms with Crippen LogP contribution in [0.5, 0.6) is 11.5 Å². The molecule has 3 amide bonds. The molecule has 12 heteroatoms. The van der Waals surface area contributed by atoms with Gasteiger partial charge in [0, 0.05) is 37.2 Å². The quantitative estimate of drug-likeness (QED) is 0.232. The lowest BCUT2D eigenvalue weighted by Gasteiger charge is -2.35. The molecule has 10 nitrogen and oxygen atoms in total. The number of nitrogens with zero attached hydrogens (tertiary/aromatic N) is 1. The zero-order valence-electron chi connectivity index (χ0n) is 26.7. The second-order valence-electron chi connectivity index (χ2n) is 12.5. The number of nitrogens with one attached hydrogen (secondary N) is 3. The highest BCUT2D eigenvalue weighted by molar-refractivity contribution is 6.42. The Morgan fingerprint density at radius 1 is 1.08 bits per heavy atom. The molecule has 252 valence electrons. The van der Waals surface area contributed by atoms with Crippen LogP contribution in [0.25, 0.3) is 0 Å². The minimum absolute atomic E-state index is 0.232. The third kappa shape index (κ3) is 6.83. The molecule has 2 aliphatic heterocycles. The summed E-state index contributed by atoms with van der Waals surface area (Å²) in [6, 6.07) is 16.5. The number of ether oxygens (including phenoxy) is 2. The molecular formula is C36H38Cl2N4O6. The van der Waals surface area contributed by atoms with Crippen molar-refractivity contribution in [3.8, 4) is 11.5 Å². The van der Waals surface area contributed by atoms with E-state index in [4.69, 9.17) is 32.7 Å². The molecule has 1 aliphatic carbocycles. The van der Waals surface area contributed by atoms with Crippen molar-refractivity contribution in [1.82, 2.24) is 15.5 Å². The molecular weight excluding hydrogens is 655 g/mol. The summed E-state index contributed by atoms with van der Waals surface area (Å²) in [6.07, 6.45) is 4.18. The summed E-state index contributed by atoms with van der Waals surface area (Å²) in [6.45, 7) is 2.19. The van der Waals surface area contributed by atoms with Crippen LogP contribution in [0, 0.1) is 0 Å². The predicted octanol–water partition coefficient (Wildman–Crippen LogP) is 4.40. The van der Waals surface area contributed by atoms with Gasteiger partial charge in [-0.1, -0.05) is 71.8 Å². The van der Waals surface area contributed by atoms with Crippen molar-refractivity contribution in [1.29, 1.82) is 0 Å². The van der Waals surface area contributed by atoms with E-state index in [-0.39, 0.29) is 25.0 Å². The summed E-state index contributed by atoms with van der Waals surface area (Å²) < 4.78 is 12.0. The number of rotatable bonds is 10. The van der Waals surface area contributed by atoms with Crippen LogP contribution in [0.1, 0.15) is 36.5 Å². The van der Waals surface area contributed by atoms with Gasteiger partial charge < -0.3 is 35.4 Å². The van der Waals surface area contributed by atoms with Gasteiger partial charge in [-0.3, -0.25) is 14.4 Å². The van der Waals surface area contributed by atoms with Gasteiger partial charge >= 0.3 is 0 Å². The average Bonchev–Trinajstić information content (AvgIpc) is 3.31. The number of aliphatic hydroxyl groups excluding tert-OH is 1. The molecule has 0 saturated heterocycles. The second-order valence-corrected chi connectivity index (χ2v) is 13.3. The normalized spacial score (nSPS) is 21.9. The van der Waals surface area contributed by atoms with Crippen LogP contribution in [-0.4, -0.2) is 72.2 Å². The summed E-state index contributed by atoms with van der Waals surface area (Å²) in [5.41, 5.74) is 2.88. The number of anilines is 1. The topological polar surface area (TPSA) is 129 Å². The van der Waals surface area contributed by atoms with Crippen molar-refractivity contribution < 1.29 is 29.0 Å². The first-order valence-corrected chi connectivity index (χ1v) is 16.7. The minimum Gasteiger partial charge on any atom is -0.493 e.